The first kappa shape index (κ1) is 17.2. The minimum Gasteiger partial charge on any atom is -0.0776 e. The Morgan fingerprint density at radius 2 is 0.909 bits per heavy atom. The van der Waals surface area contributed by atoms with Crippen LogP contribution in [0.2, 0.25) is 0 Å². The Morgan fingerprint density at radius 3 is 0.909 bits per heavy atom. The molecule has 0 heterocycles. The van der Waals surface area contributed by atoms with E-state index in [1.165, 1.54) is 0 Å². The average molecular weight is 160 g/mol. The molecule has 0 aromatic heterocycles. The van der Waals surface area contributed by atoms with E-state index in [2.05, 4.69) is 41.5 Å². The Kier molecular flexibility index (Phi) is 8.79. The summed E-state index contributed by atoms with van der Waals surface area (Å²) in [5.74, 6) is 1.58. The van der Waals surface area contributed by atoms with Crippen molar-refractivity contribution in [3.8, 4) is 0 Å². The zero-order chi connectivity index (χ0) is 7.65. The van der Waals surface area contributed by atoms with Crippen molar-refractivity contribution in [1.82, 2.24) is 0 Å². The SMILES string of the molecule is C.C.CC(C)C(C)(C)C(C)C. The van der Waals surface area contributed by atoms with E-state index < -0.39 is 0 Å². The lowest BCUT2D eigenvalue weighted by molar-refractivity contribution is 0.165. The van der Waals surface area contributed by atoms with E-state index in [1.807, 2.05) is 0 Å². The molecule has 0 rings (SSSR count). The van der Waals surface area contributed by atoms with Crippen molar-refractivity contribution in [3.05, 3.63) is 0 Å². The monoisotopic (exact) mass is 160 g/mol. The van der Waals surface area contributed by atoms with Crippen molar-refractivity contribution in [2.45, 2.75) is 56.4 Å². The van der Waals surface area contributed by atoms with Crippen molar-refractivity contribution < 1.29 is 0 Å². The molecule has 0 nitrogen and oxygen atoms in total. The van der Waals surface area contributed by atoms with Gasteiger partial charge in [-0.2, -0.15) is 0 Å². The molecule has 0 spiro atoms. The molecule has 0 amide bonds. The molecule has 0 aliphatic rings. The van der Waals surface area contributed by atoms with E-state index in [9.17, 15) is 0 Å². The molecule has 0 atom stereocenters. The van der Waals surface area contributed by atoms with Gasteiger partial charge in [-0.3, -0.25) is 0 Å². The van der Waals surface area contributed by atoms with Crippen LogP contribution in [-0.4, -0.2) is 0 Å². The highest BCUT2D eigenvalue weighted by Gasteiger charge is 2.25. The molecule has 0 aromatic carbocycles. The maximum Gasteiger partial charge on any atom is -0.0308 e. The van der Waals surface area contributed by atoms with Gasteiger partial charge in [0.1, 0.15) is 0 Å². The summed E-state index contributed by atoms with van der Waals surface area (Å²) < 4.78 is 0. The molecular weight excluding hydrogens is 132 g/mol. The highest BCUT2D eigenvalue weighted by atomic mass is 14.3. The van der Waals surface area contributed by atoms with Crippen molar-refractivity contribution >= 4 is 0 Å². The maximum atomic E-state index is 2.34. The largest absolute Gasteiger partial charge is 0.0776 e. The maximum absolute atomic E-state index is 2.34. The van der Waals surface area contributed by atoms with Crippen LogP contribution in [0.3, 0.4) is 0 Å². The first-order chi connectivity index (χ1) is 3.89. The van der Waals surface area contributed by atoms with Gasteiger partial charge in [-0.15, -0.1) is 0 Å². The van der Waals surface area contributed by atoms with Crippen LogP contribution >= 0.6 is 0 Å². The second-order valence-electron chi connectivity index (χ2n) is 4.13. The smallest absolute Gasteiger partial charge is 0.0308 e. The summed E-state index contributed by atoms with van der Waals surface area (Å²) in [6, 6.07) is 0. The quantitative estimate of drug-likeness (QED) is 0.554. The molecule has 0 N–H and O–H groups in total. The summed E-state index contributed by atoms with van der Waals surface area (Å²) in [5, 5.41) is 0. The normalized spacial score (nSPS) is 10.9. The fraction of sp³-hybridized carbons (Fsp3) is 1.00. The van der Waals surface area contributed by atoms with Crippen molar-refractivity contribution in [3.63, 3.8) is 0 Å². The first-order valence-corrected chi connectivity index (χ1v) is 3.89. The summed E-state index contributed by atoms with van der Waals surface area (Å²) in [4.78, 5) is 0. The molecule has 72 valence electrons. The van der Waals surface area contributed by atoms with Crippen LogP contribution in [0.4, 0.5) is 0 Å². The van der Waals surface area contributed by atoms with E-state index in [4.69, 9.17) is 0 Å². The Balaban J connectivity index is -0.000000320. The van der Waals surface area contributed by atoms with Gasteiger partial charge in [0.05, 0.1) is 0 Å². The van der Waals surface area contributed by atoms with Gasteiger partial charge in [0.25, 0.3) is 0 Å². The van der Waals surface area contributed by atoms with Gasteiger partial charge in [0.2, 0.25) is 0 Å². The van der Waals surface area contributed by atoms with E-state index in [-0.39, 0.29) is 14.9 Å². The predicted molar refractivity (Wildman–Crippen MR) is 56.9 cm³/mol. The topological polar surface area (TPSA) is 0 Å². The van der Waals surface area contributed by atoms with Gasteiger partial charge in [-0.25, -0.2) is 0 Å². The van der Waals surface area contributed by atoms with Gasteiger partial charge in [-0.1, -0.05) is 56.4 Å². The third-order valence-electron chi connectivity index (χ3n) is 2.98. The Hall–Kier alpha value is 0. The third kappa shape index (κ3) is 4.44. The standard InChI is InChI=1S/C9H20.2CH4/c1-7(2)9(5,6)8(3)4;;/h7-8H,1-6H3;2*1H4. The number of hydrogen-bond donors (Lipinski definition) is 0. The molecule has 0 aromatic rings. The molecule has 0 bridgehead atoms. The minimum atomic E-state index is 0. The minimum absolute atomic E-state index is 0. The predicted octanol–water partition coefficient (Wildman–Crippen LogP) is 4.60. The van der Waals surface area contributed by atoms with Crippen LogP contribution in [0.1, 0.15) is 56.4 Å². The fourth-order valence-electron chi connectivity index (χ4n) is 0.667. The Bertz CT molecular complexity index is 68.0. The van der Waals surface area contributed by atoms with E-state index in [0.29, 0.717) is 5.41 Å². The van der Waals surface area contributed by atoms with Crippen LogP contribution in [0.25, 0.3) is 0 Å². The molecule has 0 aliphatic carbocycles. The summed E-state index contributed by atoms with van der Waals surface area (Å²) in [6.45, 7) is 13.8. The summed E-state index contributed by atoms with van der Waals surface area (Å²) in [6.07, 6.45) is 0. The Morgan fingerprint density at radius 1 is 0.727 bits per heavy atom. The zero-order valence-electron chi connectivity index (χ0n) is 7.65. The van der Waals surface area contributed by atoms with Crippen LogP contribution in [0.5, 0.6) is 0 Å². The van der Waals surface area contributed by atoms with Crippen LogP contribution in [0.15, 0.2) is 0 Å². The van der Waals surface area contributed by atoms with Crippen LogP contribution < -0.4 is 0 Å². The molecule has 0 fully saturated rings. The van der Waals surface area contributed by atoms with Crippen molar-refractivity contribution in [2.75, 3.05) is 0 Å². The van der Waals surface area contributed by atoms with Gasteiger partial charge in [0.15, 0.2) is 0 Å². The van der Waals surface area contributed by atoms with Crippen LogP contribution in [0, 0.1) is 17.3 Å². The molecule has 0 aliphatic heterocycles. The molecule has 0 heteroatoms. The third-order valence-corrected chi connectivity index (χ3v) is 2.98. The lowest BCUT2D eigenvalue weighted by Gasteiger charge is -2.33. The van der Waals surface area contributed by atoms with Crippen molar-refractivity contribution in [2.24, 2.45) is 17.3 Å². The Labute approximate surface area is 74.4 Å². The molecular formula is C11H28. The average Bonchev–Trinajstić information content (AvgIpc) is 1.65. The molecule has 0 unspecified atom stereocenters. The van der Waals surface area contributed by atoms with E-state index in [1.54, 1.807) is 0 Å². The number of rotatable bonds is 2. The van der Waals surface area contributed by atoms with Gasteiger partial charge in [-0.05, 0) is 17.3 Å². The summed E-state index contributed by atoms with van der Waals surface area (Å²) in [7, 11) is 0. The number of hydrogen-bond acceptors (Lipinski definition) is 0. The highest BCUT2D eigenvalue weighted by molar-refractivity contribution is 4.75. The first-order valence-electron chi connectivity index (χ1n) is 3.89. The van der Waals surface area contributed by atoms with Gasteiger partial charge >= 0.3 is 0 Å². The molecule has 0 saturated carbocycles. The lowest BCUT2D eigenvalue weighted by Crippen LogP contribution is -2.25. The fourth-order valence-corrected chi connectivity index (χ4v) is 0.667. The van der Waals surface area contributed by atoms with Crippen molar-refractivity contribution in [1.29, 1.82) is 0 Å². The van der Waals surface area contributed by atoms with Gasteiger partial charge < -0.3 is 0 Å². The van der Waals surface area contributed by atoms with Gasteiger partial charge in [0, 0.05) is 0 Å². The summed E-state index contributed by atoms with van der Waals surface area (Å²) in [5.41, 5.74) is 0.500. The van der Waals surface area contributed by atoms with E-state index >= 15 is 0 Å². The second-order valence-corrected chi connectivity index (χ2v) is 4.13. The lowest BCUT2D eigenvalue weighted by atomic mass is 9.72. The second kappa shape index (κ2) is 5.62. The molecule has 0 saturated heterocycles. The highest BCUT2D eigenvalue weighted by Crippen LogP contribution is 2.33. The molecule has 11 heavy (non-hydrogen) atoms. The summed E-state index contributed by atoms with van der Waals surface area (Å²) >= 11 is 0. The molecule has 0 radical (unpaired) electrons. The van der Waals surface area contributed by atoms with E-state index in [0.717, 1.165) is 11.8 Å². The van der Waals surface area contributed by atoms with Crippen LogP contribution in [-0.2, 0) is 0 Å². The zero-order valence-corrected chi connectivity index (χ0v) is 7.65.